The van der Waals surface area contributed by atoms with Gasteiger partial charge in [0.2, 0.25) is 0 Å². The van der Waals surface area contributed by atoms with Gasteiger partial charge in [0.1, 0.15) is 0 Å². The standard InChI is InChI=1S/C17H18O3/c18-16(14-8-3-1-4-9-14)12-7-13-20-17(19)15-10-5-2-6-11-15/h1,3-5,8-11H,2,6-7,12-13H2. The van der Waals surface area contributed by atoms with Crippen LogP contribution in [0, 0.1) is 0 Å². The van der Waals surface area contributed by atoms with Gasteiger partial charge in [0.25, 0.3) is 0 Å². The number of ketones is 1. The third-order valence-electron chi connectivity index (χ3n) is 3.11. The number of hydrogen-bond acceptors (Lipinski definition) is 3. The minimum absolute atomic E-state index is 0.0819. The van der Waals surface area contributed by atoms with Crippen molar-refractivity contribution in [2.45, 2.75) is 25.7 Å². The fourth-order valence-electron chi connectivity index (χ4n) is 2.01. The normalized spacial score (nSPS) is 13.7. The second-order valence-electron chi connectivity index (χ2n) is 4.67. The zero-order valence-corrected chi connectivity index (χ0v) is 11.4. The SMILES string of the molecule is O=C(OCCCC(=O)c1ccccc1)C1=CCCC=C1. The van der Waals surface area contributed by atoms with Crippen molar-refractivity contribution in [3.05, 3.63) is 59.7 Å². The van der Waals surface area contributed by atoms with E-state index in [1.54, 1.807) is 18.2 Å². The molecule has 0 atom stereocenters. The van der Waals surface area contributed by atoms with Gasteiger partial charge < -0.3 is 4.74 Å². The lowest BCUT2D eigenvalue weighted by molar-refractivity contribution is -0.138. The summed E-state index contributed by atoms with van der Waals surface area (Å²) in [5, 5.41) is 0. The molecule has 0 N–H and O–H groups in total. The van der Waals surface area contributed by atoms with Crippen LogP contribution in [-0.4, -0.2) is 18.4 Å². The first-order chi connectivity index (χ1) is 9.77. The molecule has 1 aliphatic rings. The molecule has 0 saturated carbocycles. The number of rotatable bonds is 6. The fourth-order valence-corrected chi connectivity index (χ4v) is 2.01. The summed E-state index contributed by atoms with van der Waals surface area (Å²) in [6.45, 7) is 0.280. The number of allylic oxidation sites excluding steroid dienone is 2. The highest BCUT2D eigenvalue weighted by molar-refractivity contribution is 5.96. The Hall–Kier alpha value is -2.16. The third-order valence-corrected chi connectivity index (χ3v) is 3.11. The van der Waals surface area contributed by atoms with Crippen LogP contribution in [0.3, 0.4) is 0 Å². The van der Waals surface area contributed by atoms with Gasteiger partial charge in [-0.15, -0.1) is 0 Å². The van der Waals surface area contributed by atoms with Crippen LogP contribution >= 0.6 is 0 Å². The van der Waals surface area contributed by atoms with Crippen LogP contribution < -0.4 is 0 Å². The highest BCUT2D eigenvalue weighted by Gasteiger charge is 2.10. The van der Waals surface area contributed by atoms with Gasteiger partial charge in [0.15, 0.2) is 5.78 Å². The molecule has 1 aromatic rings. The van der Waals surface area contributed by atoms with Crippen LogP contribution in [0.2, 0.25) is 0 Å². The van der Waals surface area contributed by atoms with Crippen LogP contribution in [0.25, 0.3) is 0 Å². The summed E-state index contributed by atoms with van der Waals surface area (Å²) in [5.41, 5.74) is 1.32. The molecular weight excluding hydrogens is 252 g/mol. The second-order valence-corrected chi connectivity index (χ2v) is 4.67. The van der Waals surface area contributed by atoms with E-state index in [0.717, 1.165) is 12.8 Å². The molecular formula is C17H18O3. The molecule has 0 heterocycles. The van der Waals surface area contributed by atoms with Crippen molar-refractivity contribution < 1.29 is 14.3 Å². The Morgan fingerprint density at radius 3 is 2.60 bits per heavy atom. The molecule has 20 heavy (non-hydrogen) atoms. The van der Waals surface area contributed by atoms with E-state index in [1.165, 1.54) is 0 Å². The van der Waals surface area contributed by atoms with E-state index in [9.17, 15) is 9.59 Å². The molecule has 0 spiro atoms. The predicted octanol–water partition coefficient (Wildman–Crippen LogP) is 3.47. The smallest absolute Gasteiger partial charge is 0.337 e. The molecule has 2 rings (SSSR count). The molecule has 1 aliphatic carbocycles. The van der Waals surface area contributed by atoms with E-state index in [-0.39, 0.29) is 18.4 Å². The van der Waals surface area contributed by atoms with Gasteiger partial charge in [-0.1, -0.05) is 48.6 Å². The molecule has 0 unspecified atom stereocenters. The number of esters is 1. The third kappa shape index (κ3) is 4.19. The van der Waals surface area contributed by atoms with Crippen LogP contribution in [0.1, 0.15) is 36.0 Å². The highest BCUT2D eigenvalue weighted by atomic mass is 16.5. The summed E-state index contributed by atoms with van der Waals surface area (Å²) in [4.78, 5) is 23.5. The maximum Gasteiger partial charge on any atom is 0.337 e. The van der Waals surface area contributed by atoms with E-state index in [4.69, 9.17) is 4.74 Å². The fraction of sp³-hybridized carbons (Fsp3) is 0.294. The summed E-state index contributed by atoms with van der Waals surface area (Å²) >= 11 is 0. The number of hydrogen-bond donors (Lipinski definition) is 0. The zero-order valence-electron chi connectivity index (χ0n) is 11.4. The van der Waals surface area contributed by atoms with Gasteiger partial charge in [-0.25, -0.2) is 4.79 Å². The largest absolute Gasteiger partial charge is 0.462 e. The lowest BCUT2D eigenvalue weighted by atomic mass is 10.1. The van der Waals surface area contributed by atoms with Gasteiger partial charge in [0.05, 0.1) is 12.2 Å². The minimum atomic E-state index is -0.298. The van der Waals surface area contributed by atoms with Crippen LogP contribution in [0.15, 0.2) is 54.1 Å². The summed E-state index contributed by atoms with van der Waals surface area (Å²) in [6, 6.07) is 9.16. The second kappa shape index (κ2) is 7.43. The van der Waals surface area contributed by atoms with Crippen molar-refractivity contribution >= 4 is 11.8 Å². The lowest BCUT2D eigenvalue weighted by Crippen LogP contribution is -2.10. The number of carbonyl (C=O) groups is 2. The summed E-state index contributed by atoms with van der Waals surface area (Å²) < 4.78 is 5.16. The van der Waals surface area contributed by atoms with Crippen LogP contribution in [-0.2, 0) is 9.53 Å². The molecule has 0 bridgehead atoms. The number of ether oxygens (including phenoxy) is 1. The average molecular weight is 270 g/mol. The van der Waals surface area contributed by atoms with Crippen molar-refractivity contribution in [3.8, 4) is 0 Å². The Morgan fingerprint density at radius 1 is 1.10 bits per heavy atom. The van der Waals surface area contributed by atoms with E-state index in [1.807, 2.05) is 30.4 Å². The molecule has 0 aromatic heterocycles. The topological polar surface area (TPSA) is 43.4 Å². The van der Waals surface area contributed by atoms with Crippen molar-refractivity contribution in [2.24, 2.45) is 0 Å². The van der Waals surface area contributed by atoms with Crippen LogP contribution in [0.4, 0.5) is 0 Å². The molecule has 3 nitrogen and oxygen atoms in total. The quantitative estimate of drug-likeness (QED) is 0.451. The van der Waals surface area contributed by atoms with Crippen molar-refractivity contribution in [2.75, 3.05) is 6.61 Å². The summed E-state index contributed by atoms with van der Waals surface area (Å²) in [6.07, 6.45) is 8.45. The Labute approximate surface area is 118 Å². The Morgan fingerprint density at radius 2 is 1.90 bits per heavy atom. The van der Waals surface area contributed by atoms with Gasteiger partial charge in [0, 0.05) is 12.0 Å². The molecule has 0 amide bonds. The molecule has 0 radical (unpaired) electrons. The number of Topliss-reactive ketones (excluding diaryl/α,β-unsaturated/α-hetero) is 1. The van der Waals surface area contributed by atoms with Gasteiger partial charge >= 0.3 is 5.97 Å². The Bertz CT molecular complexity index is 526. The molecule has 3 heteroatoms. The van der Waals surface area contributed by atoms with E-state index < -0.39 is 0 Å². The summed E-state index contributed by atoms with van der Waals surface area (Å²) in [5.74, 6) is -0.216. The maximum atomic E-state index is 11.8. The first-order valence-electron chi connectivity index (χ1n) is 6.89. The van der Waals surface area contributed by atoms with Crippen LogP contribution in [0.5, 0.6) is 0 Å². The average Bonchev–Trinajstić information content (AvgIpc) is 2.53. The zero-order chi connectivity index (χ0) is 14.2. The lowest BCUT2D eigenvalue weighted by Gasteiger charge is -2.07. The first-order valence-corrected chi connectivity index (χ1v) is 6.89. The Balaban J connectivity index is 1.69. The monoisotopic (exact) mass is 270 g/mol. The van der Waals surface area contributed by atoms with E-state index >= 15 is 0 Å². The minimum Gasteiger partial charge on any atom is -0.462 e. The number of benzene rings is 1. The van der Waals surface area contributed by atoms with E-state index in [2.05, 4.69) is 0 Å². The van der Waals surface area contributed by atoms with Crippen molar-refractivity contribution in [1.29, 1.82) is 0 Å². The van der Waals surface area contributed by atoms with Crippen molar-refractivity contribution in [1.82, 2.24) is 0 Å². The summed E-state index contributed by atoms with van der Waals surface area (Å²) in [7, 11) is 0. The molecule has 0 fully saturated rings. The van der Waals surface area contributed by atoms with Gasteiger partial charge in [-0.05, 0) is 19.3 Å². The highest BCUT2D eigenvalue weighted by Crippen LogP contribution is 2.11. The first kappa shape index (κ1) is 14.3. The Kier molecular flexibility index (Phi) is 5.30. The van der Waals surface area contributed by atoms with Gasteiger partial charge in [-0.3, -0.25) is 4.79 Å². The predicted molar refractivity (Wildman–Crippen MR) is 77.4 cm³/mol. The molecule has 1 aromatic carbocycles. The number of carbonyl (C=O) groups excluding carboxylic acids is 2. The maximum absolute atomic E-state index is 11.8. The van der Waals surface area contributed by atoms with Gasteiger partial charge in [-0.2, -0.15) is 0 Å². The molecule has 0 aliphatic heterocycles. The van der Waals surface area contributed by atoms with E-state index in [0.29, 0.717) is 24.0 Å². The molecule has 104 valence electrons. The van der Waals surface area contributed by atoms with Crippen molar-refractivity contribution in [3.63, 3.8) is 0 Å². The molecule has 0 saturated heterocycles.